The van der Waals surface area contributed by atoms with E-state index in [1.165, 1.54) is 6.33 Å². The molecule has 4 heterocycles. The smallest absolute Gasteiger partial charge is 0.394 e. The van der Waals surface area contributed by atoms with E-state index in [4.69, 9.17) is 20.9 Å². The third kappa shape index (κ3) is 3.64. The SMILES string of the molecule is Nc1ccc2ccc(OCC3OC(n4ccc5c(N)ncnc54)CC3C(F)(F)F)cc2n1. The minimum absolute atomic E-state index is 0.254. The van der Waals surface area contributed by atoms with Gasteiger partial charge in [0.25, 0.3) is 0 Å². The lowest BCUT2D eigenvalue weighted by molar-refractivity contribution is -0.189. The number of pyridine rings is 1. The van der Waals surface area contributed by atoms with Gasteiger partial charge >= 0.3 is 6.18 Å². The number of rotatable bonds is 4. The topological polar surface area (TPSA) is 114 Å². The number of nitrogens with zero attached hydrogens (tertiary/aromatic N) is 4. The van der Waals surface area contributed by atoms with E-state index in [1.54, 1.807) is 41.1 Å². The van der Waals surface area contributed by atoms with Crippen molar-refractivity contribution in [3.05, 3.63) is 48.9 Å². The van der Waals surface area contributed by atoms with Gasteiger partial charge in [-0.3, -0.25) is 0 Å². The summed E-state index contributed by atoms with van der Waals surface area (Å²) in [7, 11) is 0. The Hall–Kier alpha value is -3.60. The number of alkyl halides is 3. The quantitative estimate of drug-likeness (QED) is 0.493. The zero-order valence-corrected chi connectivity index (χ0v) is 16.7. The van der Waals surface area contributed by atoms with Crippen LogP contribution in [0.5, 0.6) is 5.75 Å². The first-order valence-corrected chi connectivity index (χ1v) is 9.88. The largest absolute Gasteiger partial charge is 0.491 e. The molecule has 0 aliphatic carbocycles. The van der Waals surface area contributed by atoms with Gasteiger partial charge in [-0.25, -0.2) is 15.0 Å². The van der Waals surface area contributed by atoms with Crippen molar-refractivity contribution in [2.45, 2.75) is 24.9 Å². The van der Waals surface area contributed by atoms with Crippen LogP contribution in [-0.4, -0.2) is 38.4 Å². The summed E-state index contributed by atoms with van der Waals surface area (Å²) in [5.74, 6) is -0.712. The highest BCUT2D eigenvalue weighted by atomic mass is 19.4. The highest BCUT2D eigenvalue weighted by molar-refractivity contribution is 5.86. The van der Waals surface area contributed by atoms with E-state index in [0.29, 0.717) is 28.1 Å². The number of nitrogens with two attached hydrogens (primary N) is 2. The van der Waals surface area contributed by atoms with E-state index < -0.39 is 24.4 Å². The molecule has 32 heavy (non-hydrogen) atoms. The number of ether oxygens (including phenoxy) is 2. The Morgan fingerprint density at radius 3 is 2.75 bits per heavy atom. The molecule has 5 rings (SSSR count). The fourth-order valence-electron chi connectivity index (χ4n) is 4.00. The van der Waals surface area contributed by atoms with Crippen molar-refractivity contribution >= 4 is 33.6 Å². The van der Waals surface area contributed by atoms with Gasteiger partial charge < -0.3 is 25.5 Å². The predicted molar refractivity (Wildman–Crippen MR) is 112 cm³/mol. The number of hydrogen-bond donors (Lipinski definition) is 2. The molecule has 3 atom stereocenters. The molecule has 1 fully saturated rings. The van der Waals surface area contributed by atoms with Crippen LogP contribution >= 0.6 is 0 Å². The third-order valence-electron chi connectivity index (χ3n) is 5.61. The fraction of sp³-hybridized carbons (Fsp3) is 0.286. The van der Waals surface area contributed by atoms with E-state index in [-0.39, 0.29) is 18.8 Å². The number of hydrogen-bond acceptors (Lipinski definition) is 7. The Balaban J connectivity index is 1.38. The van der Waals surface area contributed by atoms with Gasteiger partial charge in [0.2, 0.25) is 0 Å². The number of aromatic nitrogens is 4. The van der Waals surface area contributed by atoms with E-state index in [2.05, 4.69) is 15.0 Å². The zero-order valence-electron chi connectivity index (χ0n) is 16.7. The summed E-state index contributed by atoms with van der Waals surface area (Å²) in [6, 6.07) is 10.2. The zero-order chi connectivity index (χ0) is 22.5. The Bertz CT molecular complexity index is 1290. The first kappa shape index (κ1) is 20.3. The normalized spacial score (nSPS) is 21.4. The molecule has 0 saturated carbocycles. The Morgan fingerprint density at radius 2 is 1.94 bits per heavy atom. The molecule has 1 aromatic carbocycles. The maximum absolute atomic E-state index is 13.8. The second-order valence-corrected chi connectivity index (χ2v) is 7.63. The Kier molecular flexibility index (Phi) is 4.77. The first-order chi connectivity index (χ1) is 15.3. The minimum Gasteiger partial charge on any atom is -0.491 e. The second kappa shape index (κ2) is 7.52. The van der Waals surface area contributed by atoms with Crippen LogP contribution < -0.4 is 16.2 Å². The Morgan fingerprint density at radius 1 is 1.12 bits per heavy atom. The van der Waals surface area contributed by atoms with Gasteiger partial charge in [0.15, 0.2) is 0 Å². The van der Waals surface area contributed by atoms with Crippen LogP contribution in [0.4, 0.5) is 24.8 Å². The van der Waals surface area contributed by atoms with Gasteiger partial charge in [-0.2, -0.15) is 13.2 Å². The average molecular weight is 444 g/mol. The van der Waals surface area contributed by atoms with Crippen LogP contribution in [0, 0.1) is 5.92 Å². The number of fused-ring (bicyclic) bond motifs is 2. The highest BCUT2D eigenvalue weighted by Crippen LogP contribution is 2.44. The molecule has 166 valence electrons. The van der Waals surface area contributed by atoms with E-state index >= 15 is 0 Å². The molecule has 4 N–H and O–H groups in total. The van der Waals surface area contributed by atoms with Gasteiger partial charge in [-0.05, 0) is 30.3 Å². The molecule has 8 nitrogen and oxygen atoms in total. The van der Waals surface area contributed by atoms with Crippen molar-refractivity contribution < 1.29 is 22.6 Å². The van der Waals surface area contributed by atoms with Crippen molar-refractivity contribution in [3.63, 3.8) is 0 Å². The molecule has 3 aromatic heterocycles. The van der Waals surface area contributed by atoms with Gasteiger partial charge in [-0.15, -0.1) is 0 Å². The lowest BCUT2D eigenvalue weighted by Gasteiger charge is -2.21. The number of nitrogen functional groups attached to an aromatic ring is 2. The fourth-order valence-corrected chi connectivity index (χ4v) is 4.00. The summed E-state index contributed by atoms with van der Waals surface area (Å²) in [4.78, 5) is 12.3. The van der Waals surface area contributed by atoms with Crippen LogP contribution in [0.2, 0.25) is 0 Å². The summed E-state index contributed by atoms with van der Waals surface area (Å²) in [6.45, 7) is -0.273. The predicted octanol–water partition coefficient (Wildman–Crippen LogP) is 3.69. The van der Waals surface area contributed by atoms with Crippen LogP contribution in [0.3, 0.4) is 0 Å². The molecule has 0 spiro atoms. The minimum atomic E-state index is -4.45. The molecule has 11 heteroatoms. The summed E-state index contributed by atoms with van der Waals surface area (Å²) in [5.41, 5.74) is 12.6. The number of halogens is 3. The molecular weight excluding hydrogens is 425 g/mol. The standard InChI is InChI=1S/C21H19F3N6O2/c22-21(23,24)14-8-18(30-6-5-13-19(26)27-10-28-20(13)30)32-16(14)9-31-12-3-1-11-2-4-17(25)29-15(11)7-12/h1-7,10,14,16,18H,8-9H2,(H2,25,29)(H2,26,27,28). The first-order valence-electron chi connectivity index (χ1n) is 9.88. The van der Waals surface area contributed by atoms with Crippen molar-refractivity contribution in [2.24, 2.45) is 5.92 Å². The third-order valence-corrected chi connectivity index (χ3v) is 5.61. The highest BCUT2D eigenvalue weighted by Gasteiger charge is 2.52. The van der Waals surface area contributed by atoms with Crippen LogP contribution in [0.15, 0.2) is 48.9 Å². The van der Waals surface area contributed by atoms with E-state index in [9.17, 15) is 13.2 Å². The summed E-state index contributed by atoms with van der Waals surface area (Å²) >= 11 is 0. The molecule has 1 aliphatic heterocycles. The monoisotopic (exact) mass is 444 g/mol. The molecule has 0 amide bonds. The molecule has 0 radical (unpaired) electrons. The number of benzene rings is 1. The maximum atomic E-state index is 13.8. The van der Waals surface area contributed by atoms with Crippen LogP contribution in [0.1, 0.15) is 12.6 Å². The molecule has 1 saturated heterocycles. The summed E-state index contributed by atoms with van der Waals surface area (Å²) in [6.07, 6.45) is -3.89. The number of anilines is 2. The van der Waals surface area contributed by atoms with Crippen LogP contribution in [-0.2, 0) is 4.74 Å². The maximum Gasteiger partial charge on any atom is 0.394 e. The van der Waals surface area contributed by atoms with Crippen molar-refractivity contribution in [2.75, 3.05) is 18.1 Å². The lowest BCUT2D eigenvalue weighted by atomic mass is 10.0. The summed E-state index contributed by atoms with van der Waals surface area (Å²) in [5, 5.41) is 1.40. The molecule has 3 unspecified atom stereocenters. The molecule has 1 aliphatic rings. The molecular formula is C21H19F3N6O2. The summed E-state index contributed by atoms with van der Waals surface area (Å²) < 4.78 is 54.3. The molecule has 4 aromatic rings. The van der Waals surface area contributed by atoms with Gasteiger partial charge in [-0.1, -0.05) is 0 Å². The average Bonchev–Trinajstić information content (AvgIpc) is 3.36. The molecule has 0 bridgehead atoms. The van der Waals surface area contributed by atoms with E-state index in [1.807, 2.05) is 6.07 Å². The van der Waals surface area contributed by atoms with Crippen molar-refractivity contribution in [1.82, 2.24) is 19.5 Å². The van der Waals surface area contributed by atoms with Crippen molar-refractivity contribution in [3.8, 4) is 5.75 Å². The van der Waals surface area contributed by atoms with Crippen LogP contribution in [0.25, 0.3) is 21.9 Å². The van der Waals surface area contributed by atoms with E-state index in [0.717, 1.165) is 5.39 Å². The van der Waals surface area contributed by atoms with Crippen molar-refractivity contribution in [1.29, 1.82) is 0 Å². The Labute approximate surface area is 180 Å². The van der Waals surface area contributed by atoms with Gasteiger partial charge in [0.05, 0.1) is 16.8 Å². The van der Waals surface area contributed by atoms with Gasteiger partial charge in [0, 0.05) is 24.1 Å². The van der Waals surface area contributed by atoms with Gasteiger partial charge in [0.1, 0.15) is 48.3 Å². The second-order valence-electron chi connectivity index (χ2n) is 7.63. The lowest BCUT2D eigenvalue weighted by Crippen LogP contribution is -2.34.